The Kier molecular flexibility index (Phi) is 4.36. The number of aliphatic hydroxyl groups is 2. The lowest BCUT2D eigenvalue weighted by atomic mass is 9.79. The molecule has 3 N–H and O–H groups in total. The summed E-state index contributed by atoms with van der Waals surface area (Å²) in [6.45, 7) is 1.06. The van der Waals surface area contributed by atoms with Gasteiger partial charge in [-0.15, -0.1) is 0 Å². The summed E-state index contributed by atoms with van der Waals surface area (Å²) in [5.41, 5.74) is 1.10. The highest BCUT2D eigenvalue weighted by Gasteiger charge is 2.48. The lowest BCUT2D eigenvalue weighted by molar-refractivity contribution is 0.0785. The van der Waals surface area contributed by atoms with Gasteiger partial charge in [0, 0.05) is 25.0 Å². The van der Waals surface area contributed by atoms with Gasteiger partial charge in [-0.3, -0.25) is 0 Å². The van der Waals surface area contributed by atoms with Crippen LogP contribution in [0.3, 0.4) is 0 Å². The third-order valence-electron chi connectivity index (χ3n) is 4.79. The minimum atomic E-state index is -0.0466. The Hall–Kier alpha value is -0.940. The summed E-state index contributed by atoms with van der Waals surface area (Å²) in [7, 11) is 0. The molecule has 2 heterocycles. The molecule has 2 aliphatic rings. The van der Waals surface area contributed by atoms with Gasteiger partial charge in [0.2, 0.25) is 0 Å². The molecular formula is C16H23NO3. The summed E-state index contributed by atoms with van der Waals surface area (Å²) < 4.78 is 5.90. The van der Waals surface area contributed by atoms with Crippen molar-refractivity contribution in [3.63, 3.8) is 0 Å². The van der Waals surface area contributed by atoms with Crippen molar-refractivity contribution in [2.24, 2.45) is 11.8 Å². The van der Waals surface area contributed by atoms with Crippen molar-refractivity contribution in [2.75, 3.05) is 19.8 Å². The van der Waals surface area contributed by atoms with E-state index in [2.05, 4.69) is 5.32 Å². The Morgan fingerprint density at radius 3 is 2.45 bits per heavy atom. The molecule has 2 fully saturated rings. The summed E-state index contributed by atoms with van der Waals surface area (Å²) in [5.74, 6) is 0.605. The zero-order chi connectivity index (χ0) is 13.9. The second-order valence-corrected chi connectivity index (χ2v) is 5.85. The minimum Gasteiger partial charge on any atom is -0.396 e. The fourth-order valence-corrected chi connectivity index (χ4v) is 3.66. The third kappa shape index (κ3) is 2.61. The Morgan fingerprint density at radius 2 is 1.80 bits per heavy atom. The van der Waals surface area contributed by atoms with E-state index in [4.69, 9.17) is 4.74 Å². The third-order valence-corrected chi connectivity index (χ3v) is 4.79. The molecule has 110 valence electrons. The molecule has 2 bridgehead atoms. The molecule has 0 aromatic heterocycles. The molecule has 1 aromatic rings. The lowest BCUT2D eigenvalue weighted by Crippen LogP contribution is -2.39. The molecule has 0 radical (unpaired) electrons. The highest BCUT2D eigenvalue weighted by molar-refractivity contribution is 5.19. The van der Waals surface area contributed by atoms with Gasteiger partial charge < -0.3 is 20.3 Å². The quantitative estimate of drug-likeness (QED) is 0.728. The van der Waals surface area contributed by atoms with Gasteiger partial charge in [-0.25, -0.2) is 0 Å². The standard InChI is InChI=1S/C16H23NO3/c18-9-13-12(15-6-7-16(13)20-15)8-17-14(10-19)11-4-2-1-3-5-11/h1-5,12-19H,6-10H2. The summed E-state index contributed by atoms with van der Waals surface area (Å²) in [4.78, 5) is 0. The largest absolute Gasteiger partial charge is 0.396 e. The molecule has 4 heteroatoms. The molecule has 20 heavy (non-hydrogen) atoms. The van der Waals surface area contributed by atoms with Crippen molar-refractivity contribution in [3.8, 4) is 0 Å². The van der Waals surface area contributed by atoms with E-state index in [1.54, 1.807) is 0 Å². The van der Waals surface area contributed by atoms with Crippen molar-refractivity contribution in [1.29, 1.82) is 0 Å². The van der Waals surface area contributed by atoms with E-state index in [1.807, 2.05) is 30.3 Å². The van der Waals surface area contributed by atoms with Gasteiger partial charge in [-0.2, -0.15) is 0 Å². The summed E-state index contributed by atoms with van der Waals surface area (Å²) in [6, 6.07) is 9.94. The van der Waals surface area contributed by atoms with Gasteiger partial charge in [-0.05, 0) is 18.4 Å². The molecule has 0 saturated carbocycles. The first kappa shape index (κ1) is 14.0. The molecule has 2 saturated heterocycles. The molecule has 5 atom stereocenters. The van der Waals surface area contributed by atoms with Gasteiger partial charge in [-0.1, -0.05) is 30.3 Å². The maximum Gasteiger partial charge on any atom is 0.0634 e. The van der Waals surface area contributed by atoms with E-state index < -0.39 is 0 Å². The Bertz CT molecular complexity index is 425. The van der Waals surface area contributed by atoms with Gasteiger partial charge in [0.15, 0.2) is 0 Å². The first-order valence-corrected chi connectivity index (χ1v) is 7.49. The lowest BCUT2D eigenvalue weighted by Gasteiger charge is -2.28. The van der Waals surface area contributed by atoms with Gasteiger partial charge in [0.05, 0.1) is 24.9 Å². The van der Waals surface area contributed by atoms with E-state index in [9.17, 15) is 10.2 Å². The van der Waals surface area contributed by atoms with Gasteiger partial charge in [0.1, 0.15) is 0 Å². The van der Waals surface area contributed by atoms with Crippen LogP contribution in [0.25, 0.3) is 0 Å². The first-order chi connectivity index (χ1) is 9.83. The zero-order valence-corrected chi connectivity index (χ0v) is 11.6. The molecular weight excluding hydrogens is 254 g/mol. The van der Waals surface area contributed by atoms with Crippen LogP contribution in [0.5, 0.6) is 0 Å². The van der Waals surface area contributed by atoms with Crippen LogP contribution < -0.4 is 5.32 Å². The van der Waals surface area contributed by atoms with Gasteiger partial charge in [0.25, 0.3) is 0 Å². The van der Waals surface area contributed by atoms with Crippen LogP contribution in [-0.4, -0.2) is 42.2 Å². The maximum atomic E-state index is 9.57. The number of benzene rings is 1. The fourth-order valence-electron chi connectivity index (χ4n) is 3.66. The van der Waals surface area contributed by atoms with Crippen molar-refractivity contribution in [1.82, 2.24) is 5.32 Å². The number of aliphatic hydroxyl groups excluding tert-OH is 2. The molecule has 2 aliphatic heterocycles. The summed E-state index contributed by atoms with van der Waals surface area (Å²) in [6.07, 6.45) is 2.69. The molecule has 3 rings (SSSR count). The van der Waals surface area contributed by atoms with E-state index in [-0.39, 0.29) is 37.4 Å². The van der Waals surface area contributed by atoms with Crippen molar-refractivity contribution >= 4 is 0 Å². The van der Waals surface area contributed by atoms with Crippen LogP contribution in [-0.2, 0) is 4.74 Å². The van der Waals surface area contributed by atoms with E-state index in [0.29, 0.717) is 5.92 Å². The van der Waals surface area contributed by atoms with Crippen molar-refractivity contribution in [2.45, 2.75) is 31.1 Å². The zero-order valence-electron chi connectivity index (χ0n) is 11.6. The second-order valence-electron chi connectivity index (χ2n) is 5.85. The van der Waals surface area contributed by atoms with E-state index in [1.165, 1.54) is 0 Å². The SMILES string of the molecule is OCC(NCC1C2CCC(O2)C1CO)c1ccccc1. The number of nitrogens with one attached hydrogen (secondary N) is 1. The predicted octanol–water partition coefficient (Wildman–Crippen LogP) is 1.10. The smallest absolute Gasteiger partial charge is 0.0634 e. The minimum absolute atomic E-state index is 0.0466. The molecule has 0 amide bonds. The first-order valence-electron chi connectivity index (χ1n) is 7.49. The number of hydrogen-bond acceptors (Lipinski definition) is 4. The number of hydrogen-bond donors (Lipinski definition) is 3. The summed E-state index contributed by atoms with van der Waals surface area (Å²) in [5, 5.41) is 22.5. The van der Waals surface area contributed by atoms with Crippen LogP contribution in [0.15, 0.2) is 30.3 Å². The maximum absolute atomic E-state index is 9.57. The highest BCUT2D eigenvalue weighted by atomic mass is 16.5. The van der Waals surface area contributed by atoms with Crippen LogP contribution in [0.1, 0.15) is 24.4 Å². The van der Waals surface area contributed by atoms with E-state index >= 15 is 0 Å². The van der Waals surface area contributed by atoms with Crippen LogP contribution >= 0.6 is 0 Å². The van der Waals surface area contributed by atoms with E-state index in [0.717, 1.165) is 24.9 Å². The summed E-state index contributed by atoms with van der Waals surface area (Å²) >= 11 is 0. The normalized spacial score (nSPS) is 33.5. The second kappa shape index (κ2) is 6.22. The van der Waals surface area contributed by atoms with Crippen LogP contribution in [0.4, 0.5) is 0 Å². The average molecular weight is 277 g/mol. The molecule has 0 spiro atoms. The van der Waals surface area contributed by atoms with Crippen LogP contribution in [0.2, 0.25) is 0 Å². The Labute approximate surface area is 119 Å². The Balaban J connectivity index is 1.61. The topological polar surface area (TPSA) is 61.7 Å². The monoisotopic (exact) mass is 277 g/mol. The number of ether oxygens (including phenoxy) is 1. The fraction of sp³-hybridized carbons (Fsp3) is 0.625. The van der Waals surface area contributed by atoms with Crippen LogP contribution in [0, 0.1) is 11.8 Å². The predicted molar refractivity (Wildman–Crippen MR) is 76.2 cm³/mol. The molecule has 5 unspecified atom stereocenters. The molecule has 1 aromatic carbocycles. The highest BCUT2D eigenvalue weighted by Crippen LogP contribution is 2.43. The number of fused-ring (bicyclic) bond motifs is 2. The van der Waals surface area contributed by atoms with Crippen molar-refractivity contribution < 1.29 is 14.9 Å². The number of rotatable bonds is 6. The average Bonchev–Trinajstić information content (AvgIpc) is 3.09. The molecule has 0 aliphatic carbocycles. The van der Waals surface area contributed by atoms with Gasteiger partial charge >= 0.3 is 0 Å². The van der Waals surface area contributed by atoms with Crippen molar-refractivity contribution in [3.05, 3.63) is 35.9 Å². The Morgan fingerprint density at radius 1 is 1.10 bits per heavy atom. The molecule has 4 nitrogen and oxygen atoms in total.